The van der Waals surface area contributed by atoms with Gasteiger partial charge in [-0.1, -0.05) is 23.8 Å². The van der Waals surface area contributed by atoms with Crippen LogP contribution in [0.3, 0.4) is 0 Å². The molecule has 0 radical (unpaired) electrons. The van der Waals surface area contributed by atoms with Gasteiger partial charge in [0.1, 0.15) is 12.2 Å². The zero-order valence-corrected chi connectivity index (χ0v) is 18.0. The normalized spacial score (nSPS) is 19.7. The number of methoxy groups -OCH3 is 1. The van der Waals surface area contributed by atoms with Crippen LogP contribution in [0.4, 0.5) is 0 Å². The van der Waals surface area contributed by atoms with Gasteiger partial charge < -0.3 is 18.9 Å². The van der Waals surface area contributed by atoms with Gasteiger partial charge in [0.15, 0.2) is 11.5 Å². The van der Waals surface area contributed by atoms with E-state index >= 15 is 0 Å². The third-order valence-corrected chi connectivity index (χ3v) is 6.91. The van der Waals surface area contributed by atoms with Gasteiger partial charge in [-0.2, -0.15) is 4.31 Å². The third-order valence-electron chi connectivity index (χ3n) is 5.08. The van der Waals surface area contributed by atoms with Gasteiger partial charge in [0.2, 0.25) is 16.8 Å². The Morgan fingerprint density at radius 3 is 2.65 bits per heavy atom. The molecule has 0 aromatic heterocycles. The Labute approximate surface area is 181 Å². The van der Waals surface area contributed by atoms with Crippen LogP contribution in [0.25, 0.3) is 0 Å². The van der Waals surface area contributed by atoms with Crippen molar-refractivity contribution < 1.29 is 32.2 Å². The number of esters is 1. The molecule has 2 atom stereocenters. The van der Waals surface area contributed by atoms with Crippen molar-refractivity contribution in [1.82, 2.24) is 4.31 Å². The van der Waals surface area contributed by atoms with Crippen LogP contribution in [0.5, 0.6) is 11.5 Å². The summed E-state index contributed by atoms with van der Waals surface area (Å²) in [5.41, 5.74) is 1.74. The largest absolute Gasteiger partial charge is 0.466 e. The minimum atomic E-state index is -3.78. The van der Waals surface area contributed by atoms with Gasteiger partial charge in [-0.3, -0.25) is 0 Å². The number of hydrogen-bond acceptors (Lipinski definition) is 7. The highest BCUT2D eigenvalue weighted by Gasteiger charge is 2.41. The summed E-state index contributed by atoms with van der Waals surface area (Å²) < 4.78 is 49.0. The lowest BCUT2D eigenvalue weighted by atomic mass is 10.2. The number of rotatable bonds is 8. The molecule has 0 spiro atoms. The van der Waals surface area contributed by atoms with E-state index in [9.17, 15) is 13.2 Å². The Hall–Kier alpha value is -2.88. The van der Waals surface area contributed by atoms with E-state index < -0.39 is 16.0 Å². The second kappa shape index (κ2) is 8.70. The van der Waals surface area contributed by atoms with E-state index in [1.807, 2.05) is 13.0 Å². The molecule has 31 heavy (non-hydrogen) atoms. The first-order valence-electron chi connectivity index (χ1n) is 9.74. The Kier molecular flexibility index (Phi) is 5.99. The summed E-state index contributed by atoms with van der Waals surface area (Å²) in [7, 11) is -2.49. The van der Waals surface area contributed by atoms with Crippen molar-refractivity contribution >= 4 is 16.0 Å². The van der Waals surface area contributed by atoms with Crippen molar-refractivity contribution in [3.8, 4) is 11.5 Å². The predicted octanol–water partition coefficient (Wildman–Crippen LogP) is 2.41. The van der Waals surface area contributed by atoms with Crippen LogP contribution in [-0.2, 0) is 30.8 Å². The monoisotopic (exact) mass is 445 g/mol. The summed E-state index contributed by atoms with van der Waals surface area (Å²) in [6.07, 6.45) is 2.16. The van der Waals surface area contributed by atoms with Crippen LogP contribution in [0.1, 0.15) is 11.1 Å². The van der Waals surface area contributed by atoms with Crippen molar-refractivity contribution in [2.75, 3.05) is 20.4 Å². The molecule has 2 aliphatic rings. The summed E-state index contributed by atoms with van der Waals surface area (Å²) in [5, 5.41) is 0. The minimum absolute atomic E-state index is 0.139. The first-order chi connectivity index (χ1) is 14.9. The molecule has 8 nitrogen and oxygen atoms in total. The van der Waals surface area contributed by atoms with Gasteiger partial charge in [0.05, 0.1) is 12.0 Å². The molecular weight excluding hydrogens is 422 g/mol. The zero-order chi connectivity index (χ0) is 22.0. The molecule has 2 heterocycles. The summed E-state index contributed by atoms with van der Waals surface area (Å²) in [5.74, 6) is 0.737. The van der Waals surface area contributed by atoms with Crippen molar-refractivity contribution in [2.24, 2.45) is 0 Å². The van der Waals surface area contributed by atoms with Crippen molar-refractivity contribution in [1.29, 1.82) is 0 Å². The van der Waals surface area contributed by atoms with Crippen LogP contribution >= 0.6 is 0 Å². The molecule has 0 bridgehead atoms. The number of carbonyl (C=O) groups excluding carboxylic acids is 1. The van der Waals surface area contributed by atoms with Gasteiger partial charge in [0, 0.05) is 19.2 Å². The van der Waals surface area contributed by atoms with E-state index in [2.05, 4.69) is 4.74 Å². The van der Waals surface area contributed by atoms with Gasteiger partial charge >= 0.3 is 5.97 Å². The van der Waals surface area contributed by atoms with Gasteiger partial charge in [-0.05, 0) is 42.8 Å². The fourth-order valence-corrected chi connectivity index (χ4v) is 4.71. The molecule has 0 N–H and O–H groups in total. The number of fused-ring (bicyclic) bond motifs is 1. The average Bonchev–Trinajstić information content (AvgIpc) is 3.33. The smallest absolute Gasteiger partial charge is 0.330 e. The summed E-state index contributed by atoms with van der Waals surface area (Å²) in [6.45, 7) is 2.33. The summed E-state index contributed by atoms with van der Waals surface area (Å²) in [6, 6.07) is 12.1. The molecule has 0 unspecified atom stereocenters. The van der Waals surface area contributed by atoms with Crippen molar-refractivity contribution in [3.05, 3.63) is 65.7 Å². The summed E-state index contributed by atoms with van der Waals surface area (Å²) >= 11 is 0. The fraction of sp³-hybridized carbons (Fsp3) is 0.318. The summed E-state index contributed by atoms with van der Waals surface area (Å²) in [4.78, 5) is 11.5. The number of sulfonamides is 1. The first kappa shape index (κ1) is 21.4. The lowest BCUT2D eigenvalue weighted by molar-refractivity contribution is -0.134. The Morgan fingerprint density at radius 1 is 1.16 bits per heavy atom. The maximum absolute atomic E-state index is 13.4. The Bertz CT molecular complexity index is 1100. The fourth-order valence-electron chi connectivity index (χ4n) is 3.26. The molecule has 2 aromatic rings. The lowest BCUT2D eigenvalue weighted by Gasteiger charge is -2.22. The predicted molar refractivity (Wildman–Crippen MR) is 111 cm³/mol. The average molecular weight is 445 g/mol. The Balaban J connectivity index is 1.56. The quantitative estimate of drug-likeness (QED) is 0.350. The van der Waals surface area contributed by atoms with E-state index in [4.69, 9.17) is 14.2 Å². The third kappa shape index (κ3) is 4.90. The molecule has 4 rings (SSSR count). The maximum atomic E-state index is 13.4. The van der Waals surface area contributed by atoms with Crippen molar-refractivity contribution in [2.45, 2.75) is 30.6 Å². The molecule has 0 saturated carbocycles. The highest BCUT2D eigenvalue weighted by Crippen LogP contribution is 2.34. The number of ether oxygens (including phenoxy) is 4. The number of aryl methyl sites for hydroxylation is 1. The highest BCUT2D eigenvalue weighted by atomic mass is 32.2. The molecule has 164 valence electrons. The van der Waals surface area contributed by atoms with Crippen LogP contribution < -0.4 is 9.47 Å². The van der Waals surface area contributed by atoms with Crippen molar-refractivity contribution in [3.63, 3.8) is 0 Å². The van der Waals surface area contributed by atoms with Crippen LogP contribution in [0.2, 0.25) is 0 Å². The SMILES string of the molecule is COC(=O)/C=C/[C@@H]1O[C@H]1CN(Cc1ccc2c(c1)OCO2)S(=O)(=O)c1ccc(C)cc1. The van der Waals surface area contributed by atoms with E-state index in [1.54, 1.807) is 42.5 Å². The lowest BCUT2D eigenvalue weighted by Crippen LogP contribution is -2.34. The molecule has 0 aliphatic carbocycles. The molecule has 1 fully saturated rings. The first-order valence-corrected chi connectivity index (χ1v) is 11.2. The molecule has 0 amide bonds. The molecule has 9 heteroatoms. The number of carbonyl (C=O) groups is 1. The number of benzene rings is 2. The topological polar surface area (TPSA) is 94.7 Å². The number of nitrogens with zero attached hydrogens (tertiary/aromatic N) is 1. The van der Waals surface area contributed by atoms with Gasteiger partial charge in [0.25, 0.3) is 0 Å². The standard InChI is InChI=1S/C22H23NO7S/c1-15-3-6-17(7-4-15)31(25,26)23(13-21-19(30-21)9-10-22(24)27-2)12-16-5-8-18-20(11-16)29-14-28-18/h3-11,19,21H,12-14H2,1-2H3/b10-9+/t19-,21-/m0/s1. The zero-order valence-electron chi connectivity index (χ0n) is 17.2. The van der Waals surface area contributed by atoms with Crippen LogP contribution in [-0.4, -0.2) is 51.3 Å². The minimum Gasteiger partial charge on any atom is -0.466 e. The van der Waals surface area contributed by atoms with Gasteiger partial charge in [-0.15, -0.1) is 0 Å². The second-order valence-electron chi connectivity index (χ2n) is 7.32. The molecule has 2 aromatic carbocycles. The Morgan fingerprint density at radius 2 is 1.90 bits per heavy atom. The van der Waals surface area contributed by atoms with Gasteiger partial charge in [-0.25, -0.2) is 13.2 Å². The molecular formula is C22H23NO7S. The van der Waals surface area contributed by atoms with E-state index in [-0.39, 0.29) is 37.0 Å². The molecule has 1 saturated heterocycles. The highest BCUT2D eigenvalue weighted by molar-refractivity contribution is 7.89. The van der Waals surface area contributed by atoms with Crippen LogP contribution in [0, 0.1) is 6.92 Å². The number of epoxide rings is 1. The maximum Gasteiger partial charge on any atom is 0.330 e. The second-order valence-corrected chi connectivity index (χ2v) is 9.26. The van der Waals surface area contributed by atoms with E-state index in [0.717, 1.165) is 11.1 Å². The molecule has 2 aliphatic heterocycles. The number of hydrogen-bond donors (Lipinski definition) is 0. The van der Waals surface area contributed by atoms with Crippen LogP contribution in [0.15, 0.2) is 59.5 Å². The van der Waals surface area contributed by atoms with E-state index in [0.29, 0.717) is 11.5 Å². The van der Waals surface area contributed by atoms with E-state index in [1.165, 1.54) is 17.5 Å².